The zero-order chi connectivity index (χ0) is 39.7. The number of aromatic nitrogens is 2. The van der Waals surface area contributed by atoms with Crippen LogP contribution in [0.3, 0.4) is 0 Å². The Morgan fingerprint density at radius 1 is 0.891 bits per heavy atom. The van der Waals surface area contributed by atoms with E-state index in [0.717, 1.165) is 0 Å². The van der Waals surface area contributed by atoms with Crippen molar-refractivity contribution in [1.29, 1.82) is 10.5 Å². The lowest BCUT2D eigenvalue weighted by Crippen LogP contribution is -2.46. The number of piperidine rings is 2. The van der Waals surface area contributed by atoms with Crippen LogP contribution in [0.15, 0.2) is 46.0 Å². The van der Waals surface area contributed by atoms with Gasteiger partial charge in [-0.25, -0.2) is 0 Å². The second kappa shape index (κ2) is 15.5. The van der Waals surface area contributed by atoms with Crippen LogP contribution in [0.25, 0.3) is 21.8 Å². The number of carbonyl (C=O) groups excluding carboxylic acids is 2. The van der Waals surface area contributed by atoms with E-state index in [-0.39, 0.29) is 41.8 Å². The lowest BCUT2D eigenvalue weighted by Gasteiger charge is -2.41. The van der Waals surface area contributed by atoms with Crippen LogP contribution in [-0.2, 0) is 16.2 Å². The van der Waals surface area contributed by atoms with E-state index in [9.17, 15) is 29.7 Å². The first kappa shape index (κ1) is 39.0. The Hall–Kier alpha value is -5.74. The number of carbonyl (C=O) groups is 2. The SMILES string of the molecule is COC1(C)CCN(c2c(C#N)c(=O)n(COC3(C)CCN(c4c(C#N)c(=O)[nH]c5ccc(C(=O)N(C)C)cc45)CC3)c3ccc(C(=O)NCCN)cc23)CC1. The number of anilines is 2. The van der Waals surface area contributed by atoms with Gasteiger partial charge in [-0.3, -0.25) is 23.7 Å². The van der Waals surface area contributed by atoms with Gasteiger partial charge in [0.2, 0.25) is 0 Å². The minimum Gasteiger partial charge on any atom is -0.378 e. The van der Waals surface area contributed by atoms with Crippen LogP contribution >= 0.6 is 0 Å². The molecule has 15 heteroatoms. The Morgan fingerprint density at radius 3 is 2.05 bits per heavy atom. The Labute approximate surface area is 318 Å². The van der Waals surface area contributed by atoms with E-state index in [1.165, 1.54) is 9.47 Å². The number of methoxy groups -OCH3 is 1. The number of aromatic amines is 1. The number of nitriles is 2. The van der Waals surface area contributed by atoms with E-state index in [1.807, 2.05) is 23.6 Å². The van der Waals surface area contributed by atoms with Crippen LogP contribution in [-0.4, -0.2) is 97.9 Å². The lowest BCUT2D eigenvalue weighted by atomic mass is 9.92. The molecule has 2 aromatic heterocycles. The van der Waals surface area contributed by atoms with E-state index < -0.39 is 16.7 Å². The molecule has 0 spiro atoms. The summed E-state index contributed by atoms with van der Waals surface area (Å²) in [6.45, 7) is 6.36. The number of rotatable bonds is 10. The Kier molecular flexibility index (Phi) is 11.0. The quantitative estimate of drug-likeness (QED) is 0.215. The predicted octanol–water partition coefficient (Wildman–Crippen LogP) is 3.02. The molecule has 2 saturated heterocycles. The molecule has 288 valence electrons. The van der Waals surface area contributed by atoms with Crippen molar-refractivity contribution in [1.82, 2.24) is 19.8 Å². The minimum atomic E-state index is -0.719. The third kappa shape index (κ3) is 7.51. The first-order valence-corrected chi connectivity index (χ1v) is 18.4. The number of fused-ring (bicyclic) bond motifs is 2. The zero-order valence-electron chi connectivity index (χ0n) is 32.0. The zero-order valence-corrected chi connectivity index (χ0v) is 32.0. The summed E-state index contributed by atoms with van der Waals surface area (Å²) in [6, 6.07) is 14.3. The Balaban J connectivity index is 1.32. The van der Waals surface area contributed by atoms with Crippen LogP contribution in [0.2, 0.25) is 0 Å². The molecule has 55 heavy (non-hydrogen) atoms. The molecule has 2 amide bonds. The molecule has 2 aromatic carbocycles. The second-order valence-electron chi connectivity index (χ2n) is 14.9. The summed E-state index contributed by atoms with van der Waals surface area (Å²) in [4.78, 5) is 61.3. The molecule has 15 nitrogen and oxygen atoms in total. The molecule has 2 aliphatic rings. The number of nitrogens with two attached hydrogens (primary N) is 1. The number of amides is 2. The van der Waals surface area contributed by atoms with Crippen molar-refractivity contribution in [3.05, 3.63) is 79.4 Å². The molecule has 0 radical (unpaired) electrons. The van der Waals surface area contributed by atoms with Gasteiger partial charge < -0.3 is 40.2 Å². The molecule has 2 fully saturated rings. The number of nitrogens with zero attached hydrogens (tertiary/aromatic N) is 6. The van der Waals surface area contributed by atoms with Crippen LogP contribution in [0, 0.1) is 22.7 Å². The molecule has 0 atom stereocenters. The van der Waals surface area contributed by atoms with Gasteiger partial charge in [-0.2, -0.15) is 10.5 Å². The predicted molar refractivity (Wildman–Crippen MR) is 209 cm³/mol. The van der Waals surface area contributed by atoms with Crippen LogP contribution in [0.5, 0.6) is 0 Å². The minimum absolute atomic E-state index is 0.0334. The van der Waals surface area contributed by atoms with Crippen molar-refractivity contribution in [2.45, 2.75) is 57.5 Å². The number of nitrogens with one attached hydrogen (secondary N) is 2. The summed E-state index contributed by atoms with van der Waals surface area (Å²) in [5.74, 6) is -0.521. The summed E-state index contributed by atoms with van der Waals surface area (Å²) in [7, 11) is 5.00. The van der Waals surface area contributed by atoms with Crippen LogP contribution in [0.4, 0.5) is 11.4 Å². The average Bonchev–Trinajstić information content (AvgIpc) is 3.18. The van der Waals surface area contributed by atoms with Gasteiger partial charge in [0.15, 0.2) is 0 Å². The molecule has 0 saturated carbocycles. The van der Waals surface area contributed by atoms with Crippen molar-refractivity contribution in [3.8, 4) is 12.1 Å². The Bertz CT molecular complexity index is 2350. The van der Waals surface area contributed by atoms with Gasteiger partial charge in [0.1, 0.15) is 30.0 Å². The largest absolute Gasteiger partial charge is 0.378 e. The number of benzene rings is 2. The van der Waals surface area contributed by atoms with E-state index >= 15 is 0 Å². The summed E-state index contributed by atoms with van der Waals surface area (Å²) in [5.41, 5.74) is 6.28. The van der Waals surface area contributed by atoms with Gasteiger partial charge in [0.25, 0.3) is 22.9 Å². The second-order valence-corrected chi connectivity index (χ2v) is 14.9. The highest BCUT2D eigenvalue weighted by Crippen LogP contribution is 2.37. The number of ether oxygens (including phenoxy) is 2. The normalized spacial score (nSPS) is 16.4. The number of pyridine rings is 2. The standard InChI is InChI=1S/C40H47N9O6/c1-39(54-5)10-16-48(17-11-39)34-28-20-25(35(50)44-15-14-41)7-9-32(28)49(38(53)30(34)23-43)24-55-40(2)12-18-47(19-13-40)33-27-21-26(37(52)46(3)4)6-8-31(27)45-36(51)29(33)22-42/h6-9,20-21H,10-19,24,41H2,1-5H3,(H,44,50)(H,45,51). The van der Waals surface area contributed by atoms with Crippen molar-refractivity contribution >= 4 is 45.0 Å². The molecular formula is C40H47N9O6. The first-order valence-electron chi connectivity index (χ1n) is 18.4. The molecule has 0 bridgehead atoms. The van der Waals surface area contributed by atoms with Crippen LogP contribution < -0.4 is 32.0 Å². The maximum absolute atomic E-state index is 14.2. The maximum atomic E-state index is 14.2. The summed E-state index contributed by atoms with van der Waals surface area (Å²) in [5, 5.41) is 24.5. The highest BCUT2D eigenvalue weighted by atomic mass is 16.5. The fourth-order valence-electron chi connectivity index (χ4n) is 7.50. The van der Waals surface area contributed by atoms with Gasteiger partial charge in [-0.05, 0) is 75.9 Å². The summed E-state index contributed by atoms with van der Waals surface area (Å²) >= 11 is 0. The molecular weight excluding hydrogens is 702 g/mol. The smallest absolute Gasteiger partial charge is 0.273 e. The highest BCUT2D eigenvalue weighted by molar-refractivity contribution is 6.03. The molecule has 6 rings (SSSR count). The molecule has 4 aromatic rings. The van der Waals surface area contributed by atoms with Gasteiger partial charge in [0, 0.05) is 82.4 Å². The van der Waals surface area contributed by atoms with Gasteiger partial charge in [-0.1, -0.05) is 0 Å². The van der Waals surface area contributed by atoms with Crippen molar-refractivity contribution in [2.24, 2.45) is 5.73 Å². The fourth-order valence-corrected chi connectivity index (χ4v) is 7.50. The van der Waals surface area contributed by atoms with E-state index in [2.05, 4.69) is 22.4 Å². The van der Waals surface area contributed by atoms with Gasteiger partial charge in [-0.15, -0.1) is 0 Å². The third-order valence-electron chi connectivity index (χ3n) is 11.1. The van der Waals surface area contributed by atoms with Crippen molar-refractivity contribution < 1.29 is 19.1 Å². The number of hydrogen-bond donors (Lipinski definition) is 3. The molecule has 2 aliphatic heterocycles. The molecule has 4 heterocycles. The number of hydrogen-bond acceptors (Lipinski definition) is 11. The number of H-pyrrole nitrogens is 1. The van der Waals surface area contributed by atoms with Crippen LogP contribution in [0.1, 0.15) is 71.4 Å². The summed E-state index contributed by atoms with van der Waals surface area (Å²) in [6.07, 6.45) is 2.34. The molecule has 0 aliphatic carbocycles. The van der Waals surface area contributed by atoms with E-state index in [1.54, 1.807) is 57.6 Å². The third-order valence-corrected chi connectivity index (χ3v) is 11.1. The molecule has 4 N–H and O–H groups in total. The monoisotopic (exact) mass is 749 g/mol. The van der Waals surface area contributed by atoms with Gasteiger partial charge >= 0.3 is 0 Å². The fraction of sp³-hybridized carbons (Fsp3) is 0.450. The van der Waals surface area contributed by atoms with Crippen molar-refractivity contribution in [2.75, 3.05) is 70.3 Å². The van der Waals surface area contributed by atoms with E-state index in [0.29, 0.717) is 103 Å². The summed E-state index contributed by atoms with van der Waals surface area (Å²) < 4.78 is 13.7. The highest BCUT2D eigenvalue weighted by Gasteiger charge is 2.35. The Morgan fingerprint density at radius 2 is 1.47 bits per heavy atom. The maximum Gasteiger partial charge on any atom is 0.273 e. The topological polar surface area (TPSA) is 203 Å². The van der Waals surface area contributed by atoms with E-state index in [4.69, 9.17) is 15.2 Å². The van der Waals surface area contributed by atoms with Crippen molar-refractivity contribution in [3.63, 3.8) is 0 Å². The molecule has 0 unspecified atom stereocenters. The van der Waals surface area contributed by atoms with Gasteiger partial charge in [0.05, 0.1) is 33.6 Å². The lowest BCUT2D eigenvalue weighted by molar-refractivity contribution is -0.0814. The first-order chi connectivity index (χ1) is 26.3. The average molecular weight is 750 g/mol.